The van der Waals surface area contributed by atoms with E-state index in [0.717, 1.165) is 38.8 Å². The molecule has 0 aromatic carbocycles. The molecular weight excluding hydrogens is 272 g/mol. The number of nitrogens with zero attached hydrogens (tertiary/aromatic N) is 1. The SMILES string of the molecule is CCCOC1CCCN(C(=O)NCC(CC)CC(=O)O)C1. The van der Waals surface area contributed by atoms with Crippen LogP contribution in [0.3, 0.4) is 0 Å². The summed E-state index contributed by atoms with van der Waals surface area (Å²) in [7, 11) is 0. The Labute approximate surface area is 126 Å². The quantitative estimate of drug-likeness (QED) is 0.719. The number of likely N-dealkylation sites (tertiary alicyclic amines) is 1. The van der Waals surface area contributed by atoms with Gasteiger partial charge in [0.2, 0.25) is 0 Å². The van der Waals surface area contributed by atoms with Gasteiger partial charge in [-0.05, 0) is 25.2 Å². The second-order valence-electron chi connectivity index (χ2n) is 5.64. The molecule has 1 aliphatic rings. The Hall–Kier alpha value is -1.30. The van der Waals surface area contributed by atoms with E-state index in [9.17, 15) is 9.59 Å². The average Bonchev–Trinajstić information content (AvgIpc) is 2.48. The van der Waals surface area contributed by atoms with Gasteiger partial charge in [0.15, 0.2) is 0 Å². The van der Waals surface area contributed by atoms with E-state index >= 15 is 0 Å². The van der Waals surface area contributed by atoms with Gasteiger partial charge in [-0.2, -0.15) is 0 Å². The highest BCUT2D eigenvalue weighted by Crippen LogP contribution is 2.14. The lowest BCUT2D eigenvalue weighted by atomic mass is 10.0. The topological polar surface area (TPSA) is 78.9 Å². The zero-order valence-electron chi connectivity index (χ0n) is 13.1. The van der Waals surface area contributed by atoms with Gasteiger partial charge in [-0.15, -0.1) is 0 Å². The van der Waals surface area contributed by atoms with Crippen LogP contribution in [0.25, 0.3) is 0 Å². The van der Waals surface area contributed by atoms with E-state index in [0.29, 0.717) is 13.1 Å². The van der Waals surface area contributed by atoms with Crippen LogP contribution in [0.4, 0.5) is 4.79 Å². The fraction of sp³-hybridized carbons (Fsp3) is 0.867. The Morgan fingerprint density at radius 2 is 2.19 bits per heavy atom. The molecule has 6 nitrogen and oxygen atoms in total. The summed E-state index contributed by atoms with van der Waals surface area (Å²) in [5.74, 6) is -0.828. The van der Waals surface area contributed by atoms with E-state index in [4.69, 9.17) is 9.84 Å². The predicted molar refractivity (Wildman–Crippen MR) is 80.3 cm³/mol. The van der Waals surface area contributed by atoms with Crippen molar-refractivity contribution in [1.29, 1.82) is 0 Å². The third-order valence-electron chi connectivity index (χ3n) is 3.81. The minimum atomic E-state index is -0.817. The summed E-state index contributed by atoms with van der Waals surface area (Å²) in [5, 5.41) is 11.7. The molecule has 6 heteroatoms. The van der Waals surface area contributed by atoms with Crippen LogP contribution in [0.2, 0.25) is 0 Å². The van der Waals surface area contributed by atoms with Crippen molar-refractivity contribution in [3.05, 3.63) is 0 Å². The van der Waals surface area contributed by atoms with E-state index < -0.39 is 5.97 Å². The molecule has 0 aromatic heterocycles. The van der Waals surface area contributed by atoms with Crippen LogP contribution >= 0.6 is 0 Å². The Morgan fingerprint density at radius 3 is 2.81 bits per heavy atom. The Bertz CT molecular complexity index is 336. The van der Waals surface area contributed by atoms with Crippen molar-refractivity contribution in [3.63, 3.8) is 0 Å². The van der Waals surface area contributed by atoms with E-state index in [-0.39, 0.29) is 24.5 Å². The number of aliphatic carboxylic acids is 1. The number of amides is 2. The molecule has 1 fully saturated rings. The molecular formula is C15H28N2O4. The van der Waals surface area contributed by atoms with Gasteiger partial charge in [-0.3, -0.25) is 4.79 Å². The normalized spacial score (nSPS) is 20.1. The van der Waals surface area contributed by atoms with Crippen LogP contribution in [-0.4, -0.2) is 54.4 Å². The summed E-state index contributed by atoms with van der Waals surface area (Å²) >= 11 is 0. The predicted octanol–water partition coefficient (Wildman–Crippen LogP) is 2.09. The summed E-state index contributed by atoms with van der Waals surface area (Å²) < 4.78 is 5.71. The summed E-state index contributed by atoms with van der Waals surface area (Å²) in [4.78, 5) is 24.6. The first-order valence-corrected chi connectivity index (χ1v) is 7.92. The van der Waals surface area contributed by atoms with Gasteiger partial charge < -0.3 is 20.1 Å². The molecule has 0 aliphatic carbocycles. The van der Waals surface area contributed by atoms with Crippen LogP contribution in [0, 0.1) is 5.92 Å². The van der Waals surface area contributed by atoms with Crippen LogP contribution in [0.1, 0.15) is 46.0 Å². The highest BCUT2D eigenvalue weighted by Gasteiger charge is 2.24. The fourth-order valence-electron chi connectivity index (χ4n) is 2.49. The number of piperidine rings is 1. The first-order valence-electron chi connectivity index (χ1n) is 7.92. The van der Waals surface area contributed by atoms with Gasteiger partial charge in [0.25, 0.3) is 0 Å². The molecule has 122 valence electrons. The van der Waals surface area contributed by atoms with Crippen molar-refractivity contribution in [3.8, 4) is 0 Å². The molecule has 1 heterocycles. The average molecular weight is 300 g/mol. The maximum absolute atomic E-state index is 12.1. The molecule has 1 rings (SSSR count). The van der Waals surface area contributed by atoms with Crippen molar-refractivity contribution in [1.82, 2.24) is 10.2 Å². The smallest absolute Gasteiger partial charge is 0.317 e. The molecule has 0 aromatic rings. The fourth-order valence-corrected chi connectivity index (χ4v) is 2.49. The van der Waals surface area contributed by atoms with Gasteiger partial charge in [-0.1, -0.05) is 20.3 Å². The standard InChI is InChI=1S/C15H28N2O4/c1-3-8-21-13-6-5-7-17(11-13)15(20)16-10-12(4-2)9-14(18)19/h12-13H,3-11H2,1-2H3,(H,16,20)(H,18,19). The maximum atomic E-state index is 12.1. The Kier molecular flexibility index (Phi) is 8.12. The second-order valence-corrected chi connectivity index (χ2v) is 5.64. The number of carbonyl (C=O) groups is 2. The van der Waals surface area contributed by atoms with Crippen molar-refractivity contribution in [2.45, 2.75) is 52.1 Å². The number of carboxylic acids is 1. The molecule has 0 spiro atoms. The number of urea groups is 1. The van der Waals surface area contributed by atoms with Crippen LogP contribution < -0.4 is 5.32 Å². The molecule has 2 N–H and O–H groups in total. The zero-order valence-corrected chi connectivity index (χ0v) is 13.1. The molecule has 2 amide bonds. The van der Waals surface area contributed by atoms with E-state index in [1.165, 1.54) is 0 Å². The summed E-state index contributed by atoms with van der Waals surface area (Å²) in [6, 6.07) is -0.108. The van der Waals surface area contributed by atoms with Crippen molar-refractivity contribution in [2.24, 2.45) is 5.92 Å². The molecule has 0 saturated carbocycles. The lowest BCUT2D eigenvalue weighted by molar-refractivity contribution is -0.138. The molecule has 2 unspecified atom stereocenters. The van der Waals surface area contributed by atoms with Gasteiger partial charge in [-0.25, -0.2) is 4.79 Å². The molecule has 21 heavy (non-hydrogen) atoms. The Balaban J connectivity index is 2.34. The van der Waals surface area contributed by atoms with Crippen molar-refractivity contribution >= 4 is 12.0 Å². The van der Waals surface area contributed by atoms with Crippen molar-refractivity contribution in [2.75, 3.05) is 26.2 Å². The van der Waals surface area contributed by atoms with E-state index in [1.54, 1.807) is 4.90 Å². The summed E-state index contributed by atoms with van der Waals surface area (Å²) in [5.41, 5.74) is 0. The molecule has 0 radical (unpaired) electrons. The van der Waals surface area contributed by atoms with Gasteiger partial charge in [0, 0.05) is 32.7 Å². The number of ether oxygens (including phenoxy) is 1. The lowest BCUT2D eigenvalue weighted by Gasteiger charge is -2.33. The number of rotatable bonds is 8. The highest BCUT2D eigenvalue weighted by molar-refractivity contribution is 5.74. The van der Waals surface area contributed by atoms with Crippen LogP contribution in [0.15, 0.2) is 0 Å². The summed E-state index contributed by atoms with van der Waals surface area (Å²) in [6.07, 6.45) is 3.91. The third-order valence-corrected chi connectivity index (χ3v) is 3.81. The van der Waals surface area contributed by atoms with Crippen LogP contribution in [0.5, 0.6) is 0 Å². The summed E-state index contributed by atoms with van der Waals surface area (Å²) in [6.45, 7) is 6.53. The molecule has 1 saturated heterocycles. The lowest BCUT2D eigenvalue weighted by Crippen LogP contribution is -2.48. The molecule has 1 aliphatic heterocycles. The number of nitrogens with one attached hydrogen (secondary N) is 1. The van der Waals surface area contributed by atoms with Crippen molar-refractivity contribution < 1.29 is 19.4 Å². The van der Waals surface area contributed by atoms with Crippen LogP contribution in [-0.2, 0) is 9.53 Å². The highest BCUT2D eigenvalue weighted by atomic mass is 16.5. The van der Waals surface area contributed by atoms with E-state index in [2.05, 4.69) is 12.2 Å². The number of hydrogen-bond donors (Lipinski definition) is 2. The maximum Gasteiger partial charge on any atom is 0.317 e. The first kappa shape index (κ1) is 17.8. The molecule has 2 atom stereocenters. The second kappa shape index (κ2) is 9.60. The largest absolute Gasteiger partial charge is 0.481 e. The minimum absolute atomic E-state index is 0.0108. The number of carboxylic acid groups (broad SMARTS) is 1. The first-order chi connectivity index (χ1) is 10.1. The number of hydrogen-bond acceptors (Lipinski definition) is 3. The minimum Gasteiger partial charge on any atom is -0.481 e. The Morgan fingerprint density at radius 1 is 1.43 bits per heavy atom. The van der Waals surface area contributed by atoms with Gasteiger partial charge >= 0.3 is 12.0 Å². The zero-order chi connectivity index (χ0) is 15.7. The monoisotopic (exact) mass is 300 g/mol. The third kappa shape index (κ3) is 6.80. The number of carbonyl (C=O) groups excluding carboxylic acids is 1. The van der Waals surface area contributed by atoms with Gasteiger partial charge in [0.05, 0.1) is 6.10 Å². The molecule has 0 bridgehead atoms. The van der Waals surface area contributed by atoms with E-state index in [1.807, 2.05) is 6.92 Å². The van der Waals surface area contributed by atoms with Gasteiger partial charge in [0.1, 0.15) is 0 Å².